The summed E-state index contributed by atoms with van der Waals surface area (Å²) in [6, 6.07) is 3.16. The first kappa shape index (κ1) is 11.0. The molecule has 0 aromatic heterocycles. The van der Waals surface area contributed by atoms with Gasteiger partial charge in [-0.2, -0.15) is 0 Å². The predicted octanol–water partition coefficient (Wildman–Crippen LogP) is 3.11. The molecule has 1 heterocycles. The maximum absolute atomic E-state index is 13.6. The number of aryl methyl sites for hydroxylation is 1. The highest BCUT2D eigenvalue weighted by Gasteiger charge is 2.15. The lowest BCUT2D eigenvalue weighted by atomic mass is 10.1. The fourth-order valence-electron chi connectivity index (χ4n) is 1.70. The minimum absolute atomic E-state index is 0.214. The van der Waals surface area contributed by atoms with Crippen LogP contribution in [0.5, 0.6) is 11.5 Å². The van der Waals surface area contributed by atoms with Crippen molar-refractivity contribution >= 4 is 0 Å². The lowest BCUT2D eigenvalue weighted by Gasteiger charge is -2.19. The summed E-state index contributed by atoms with van der Waals surface area (Å²) >= 11 is 0. The van der Waals surface area contributed by atoms with Crippen LogP contribution in [0.25, 0.3) is 0 Å². The molecule has 0 aliphatic carbocycles. The van der Waals surface area contributed by atoms with Crippen LogP contribution in [0.1, 0.15) is 18.9 Å². The van der Waals surface area contributed by atoms with Gasteiger partial charge >= 0.3 is 0 Å². The van der Waals surface area contributed by atoms with Crippen molar-refractivity contribution in [1.29, 1.82) is 0 Å². The molecule has 1 aliphatic heterocycles. The van der Waals surface area contributed by atoms with E-state index in [1.54, 1.807) is 6.07 Å². The summed E-state index contributed by atoms with van der Waals surface area (Å²) in [6.07, 6.45) is 5.52. The monoisotopic (exact) mass is 222 g/mol. The third-order valence-electron chi connectivity index (χ3n) is 2.53. The Morgan fingerprint density at radius 1 is 1.25 bits per heavy atom. The minimum Gasteiger partial charge on any atom is -0.486 e. The number of hydrogen-bond acceptors (Lipinski definition) is 2. The molecule has 0 spiro atoms. The van der Waals surface area contributed by atoms with E-state index in [4.69, 9.17) is 9.47 Å². The van der Waals surface area contributed by atoms with E-state index in [9.17, 15) is 4.39 Å². The molecule has 1 aromatic carbocycles. The number of rotatable bonds is 3. The van der Waals surface area contributed by atoms with Gasteiger partial charge in [0.25, 0.3) is 0 Å². The first-order valence-electron chi connectivity index (χ1n) is 5.50. The molecule has 86 valence electrons. The van der Waals surface area contributed by atoms with E-state index in [1.165, 1.54) is 6.07 Å². The summed E-state index contributed by atoms with van der Waals surface area (Å²) in [5.74, 6) is 0.954. The SMILES string of the molecule is C/C=C\CCc1cc2c(cc1F)OCCO2. The molecule has 0 saturated heterocycles. The second kappa shape index (κ2) is 5.01. The maximum Gasteiger partial charge on any atom is 0.164 e. The number of fused-ring (bicyclic) bond motifs is 1. The molecule has 0 amide bonds. The standard InChI is InChI=1S/C13H15FO2/c1-2-3-4-5-10-8-12-13(9-11(10)14)16-7-6-15-12/h2-3,8-9H,4-7H2,1H3/b3-2-. The summed E-state index contributed by atoms with van der Waals surface area (Å²) in [5.41, 5.74) is 0.683. The Morgan fingerprint density at radius 3 is 2.62 bits per heavy atom. The molecule has 0 radical (unpaired) electrons. The van der Waals surface area contributed by atoms with E-state index >= 15 is 0 Å². The third-order valence-corrected chi connectivity index (χ3v) is 2.53. The Hall–Kier alpha value is -1.51. The molecule has 16 heavy (non-hydrogen) atoms. The topological polar surface area (TPSA) is 18.5 Å². The first-order chi connectivity index (χ1) is 7.81. The van der Waals surface area contributed by atoms with Crippen molar-refractivity contribution in [2.24, 2.45) is 0 Å². The van der Waals surface area contributed by atoms with Crippen LogP contribution >= 0.6 is 0 Å². The molecule has 0 fully saturated rings. The Balaban J connectivity index is 2.18. The highest BCUT2D eigenvalue weighted by atomic mass is 19.1. The lowest BCUT2D eigenvalue weighted by molar-refractivity contribution is 0.170. The van der Waals surface area contributed by atoms with Crippen LogP contribution in [0, 0.1) is 5.82 Å². The van der Waals surface area contributed by atoms with Crippen LogP contribution in [-0.2, 0) is 6.42 Å². The largest absolute Gasteiger partial charge is 0.486 e. The van der Waals surface area contributed by atoms with Crippen molar-refractivity contribution < 1.29 is 13.9 Å². The Labute approximate surface area is 94.7 Å². The van der Waals surface area contributed by atoms with Crippen LogP contribution in [-0.4, -0.2) is 13.2 Å². The summed E-state index contributed by atoms with van der Waals surface area (Å²) < 4.78 is 24.4. The van der Waals surface area contributed by atoms with E-state index in [1.807, 2.05) is 19.1 Å². The highest BCUT2D eigenvalue weighted by molar-refractivity contribution is 5.44. The van der Waals surface area contributed by atoms with E-state index in [0.717, 1.165) is 6.42 Å². The van der Waals surface area contributed by atoms with Crippen molar-refractivity contribution in [3.63, 3.8) is 0 Å². The van der Waals surface area contributed by atoms with Crippen molar-refractivity contribution in [3.05, 3.63) is 35.7 Å². The van der Waals surface area contributed by atoms with Crippen LogP contribution in [0.3, 0.4) is 0 Å². The van der Waals surface area contributed by atoms with E-state index in [0.29, 0.717) is 36.7 Å². The van der Waals surface area contributed by atoms with Gasteiger partial charge in [-0.1, -0.05) is 12.2 Å². The van der Waals surface area contributed by atoms with Gasteiger partial charge in [0.15, 0.2) is 11.5 Å². The molecule has 3 heteroatoms. The van der Waals surface area contributed by atoms with Crippen LogP contribution in [0.15, 0.2) is 24.3 Å². The second-order valence-electron chi connectivity index (χ2n) is 3.69. The number of ether oxygens (including phenoxy) is 2. The normalized spacial score (nSPS) is 14.4. The third kappa shape index (κ3) is 2.35. The molecular formula is C13H15FO2. The summed E-state index contributed by atoms with van der Waals surface area (Å²) in [4.78, 5) is 0. The summed E-state index contributed by atoms with van der Waals surface area (Å²) in [7, 11) is 0. The molecule has 0 bridgehead atoms. The molecule has 2 nitrogen and oxygen atoms in total. The lowest BCUT2D eigenvalue weighted by Crippen LogP contribution is -2.15. The smallest absolute Gasteiger partial charge is 0.164 e. The van der Waals surface area contributed by atoms with Gasteiger partial charge in [0.05, 0.1) is 0 Å². The predicted molar refractivity (Wildman–Crippen MR) is 60.5 cm³/mol. The number of benzene rings is 1. The van der Waals surface area contributed by atoms with Crippen molar-refractivity contribution in [2.75, 3.05) is 13.2 Å². The molecule has 0 saturated carbocycles. The molecule has 0 atom stereocenters. The number of hydrogen-bond donors (Lipinski definition) is 0. The summed E-state index contributed by atoms with van der Waals surface area (Å²) in [6.45, 7) is 2.98. The van der Waals surface area contributed by atoms with Gasteiger partial charge in [-0.25, -0.2) is 4.39 Å². The van der Waals surface area contributed by atoms with E-state index < -0.39 is 0 Å². The second-order valence-corrected chi connectivity index (χ2v) is 3.69. The molecule has 1 aliphatic rings. The fourth-order valence-corrected chi connectivity index (χ4v) is 1.70. The van der Waals surface area contributed by atoms with Gasteiger partial charge in [-0.15, -0.1) is 0 Å². The quantitative estimate of drug-likeness (QED) is 0.731. The average Bonchev–Trinajstić information content (AvgIpc) is 2.30. The maximum atomic E-state index is 13.6. The first-order valence-corrected chi connectivity index (χ1v) is 5.50. The Bertz CT molecular complexity index is 399. The van der Waals surface area contributed by atoms with Crippen molar-refractivity contribution in [1.82, 2.24) is 0 Å². The highest BCUT2D eigenvalue weighted by Crippen LogP contribution is 2.32. The van der Waals surface area contributed by atoms with Crippen molar-refractivity contribution in [3.8, 4) is 11.5 Å². The van der Waals surface area contributed by atoms with Crippen LogP contribution in [0.2, 0.25) is 0 Å². The molecule has 1 aromatic rings. The molecule has 2 rings (SSSR count). The zero-order valence-electron chi connectivity index (χ0n) is 9.33. The van der Waals surface area contributed by atoms with Crippen LogP contribution in [0.4, 0.5) is 4.39 Å². The average molecular weight is 222 g/mol. The van der Waals surface area contributed by atoms with Gasteiger partial charge in [0.1, 0.15) is 19.0 Å². The fraction of sp³-hybridized carbons (Fsp3) is 0.385. The minimum atomic E-state index is -0.214. The van der Waals surface area contributed by atoms with Crippen LogP contribution < -0.4 is 9.47 Å². The van der Waals surface area contributed by atoms with Gasteiger partial charge in [-0.05, 0) is 31.4 Å². The summed E-state index contributed by atoms with van der Waals surface area (Å²) in [5, 5.41) is 0. The van der Waals surface area contributed by atoms with Gasteiger partial charge in [0, 0.05) is 6.07 Å². The number of allylic oxidation sites excluding steroid dienone is 2. The Kier molecular flexibility index (Phi) is 3.44. The molecule has 0 unspecified atom stereocenters. The zero-order chi connectivity index (χ0) is 11.4. The van der Waals surface area contributed by atoms with Gasteiger partial charge in [0.2, 0.25) is 0 Å². The van der Waals surface area contributed by atoms with Gasteiger partial charge < -0.3 is 9.47 Å². The van der Waals surface area contributed by atoms with Crippen molar-refractivity contribution in [2.45, 2.75) is 19.8 Å². The Morgan fingerprint density at radius 2 is 1.94 bits per heavy atom. The zero-order valence-corrected chi connectivity index (χ0v) is 9.33. The molecular weight excluding hydrogens is 207 g/mol. The number of halogens is 1. The molecule has 0 N–H and O–H groups in total. The van der Waals surface area contributed by atoms with E-state index in [2.05, 4.69) is 0 Å². The van der Waals surface area contributed by atoms with Gasteiger partial charge in [-0.3, -0.25) is 0 Å². The van der Waals surface area contributed by atoms with E-state index in [-0.39, 0.29) is 5.82 Å².